The second-order valence-corrected chi connectivity index (χ2v) is 5.57. The summed E-state index contributed by atoms with van der Waals surface area (Å²) in [6.45, 7) is 4.53. The van der Waals surface area contributed by atoms with Crippen LogP contribution < -0.4 is 5.32 Å². The van der Waals surface area contributed by atoms with Crippen LogP contribution in [0.4, 0.5) is 5.69 Å². The lowest BCUT2D eigenvalue weighted by Gasteiger charge is -2.12. The number of carboxylic acid groups (broad SMARTS) is 1. The van der Waals surface area contributed by atoms with Gasteiger partial charge in [-0.15, -0.1) is 0 Å². The van der Waals surface area contributed by atoms with Crippen molar-refractivity contribution in [3.05, 3.63) is 63.1 Å². The highest BCUT2D eigenvalue weighted by molar-refractivity contribution is 9.10. The Morgan fingerprint density at radius 3 is 2.65 bits per heavy atom. The third-order valence-electron chi connectivity index (χ3n) is 3.27. The molecule has 0 heterocycles. The Bertz CT molecular complexity index is 653. The molecule has 0 aromatic heterocycles. The normalized spacial score (nSPS) is 10.3. The first-order chi connectivity index (χ1) is 9.49. The Hall–Kier alpha value is -1.81. The Morgan fingerprint density at radius 1 is 1.25 bits per heavy atom. The molecule has 0 bridgehead atoms. The molecule has 0 fully saturated rings. The van der Waals surface area contributed by atoms with Gasteiger partial charge in [-0.3, -0.25) is 0 Å². The first-order valence-electron chi connectivity index (χ1n) is 6.31. The van der Waals surface area contributed by atoms with Crippen molar-refractivity contribution in [1.29, 1.82) is 0 Å². The fourth-order valence-corrected chi connectivity index (χ4v) is 2.32. The monoisotopic (exact) mass is 333 g/mol. The molecule has 2 N–H and O–H groups in total. The van der Waals surface area contributed by atoms with Crippen molar-refractivity contribution in [3.8, 4) is 0 Å². The number of carboxylic acids is 1. The van der Waals surface area contributed by atoms with E-state index in [1.807, 2.05) is 32.0 Å². The second-order valence-electron chi connectivity index (χ2n) is 4.72. The zero-order valence-corrected chi connectivity index (χ0v) is 13.0. The van der Waals surface area contributed by atoms with Gasteiger partial charge in [0.05, 0.1) is 5.56 Å². The third-order valence-corrected chi connectivity index (χ3v) is 4.16. The van der Waals surface area contributed by atoms with Gasteiger partial charge in [0.25, 0.3) is 0 Å². The minimum absolute atomic E-state index is 0.335. The van der Waals surface area contributed by atoms with Crippen LogP contribution in [-0.2, 0) is 6.54 Å². The number of carbonyl (C=O) groups is 1. The summed E-state index contributed by atoms with van der Waals surface area (Å²) >= 11 is 3.48. The summed E-state index contributed by atoms with van der Waals surface area (Å²) in [6, 6.07) is 11.4. The molecular weight excluding hydrogens is 318 g/mol. The quantitative estimate of drug-likeness (QED) is 0.873. The van der Waals surface area contributed by atoms with Crippen molar-refractivity contribution in [3.63, 3.8) is 0 Å². The molecule has 2 rings (SSSR count). The number of halogens is 1. The molecule has 0 aliphatic heterocycles. The molecule has 2 aromatic rings. The van der Waals surface area contributed by atoms with Gasteiger partial charge in [-0.2, -0.15) is 0 Å². The molecule has 0 aliphatic carbocycles. The minimum Gasteiger partial charge on any atom is -0.478 e. The summed E-state index contributed by atoms with van der Waals surface area (Å²) < 4.78 is 1.09. The van der Waals surface area contributed by atoms with E-state index >= 15 is 0 Å². The summed E-state index contributed by atoms with van der Waals surface area (Å²) in [5.41, 5.74) is 4.28. The van der Waals surface area contributed by atoms with Crippen molar-refractivity contribution in [2.24, 2.45) is 0 Å². The van der Waals surface area contributed by atoms with Crippen LogP contribution in [0, 0.1) is 13.8 Å². The molecule has 0 saturated carbocycles. The van der Waals surface area contributed by atoms with Crippen molar-refractivity contribution in [2.45, 2.75) is 20.4 Å². The predicted molar refractivity (Wildman–Crippen MR) is 84.3 cm³/mol. The number of aryl methyl sites for hydroxylation is 1. The van der Waals surface area contributed by atoms with Crippen LogP contribution in [-0.4, -0.2) is 11.1 Å². The highest BCUT2D eigenvalue weighted by atomic mass is 79.9. The average molecular weight is 334 g/mol. The molecule has 4 heteroatoms. The summed E-state index contributed by atoms with van der Waals surface area (Å²) in [4.78, 5) is 11.1. The van der Waals surface area contributed by atoms with E-state index in [9.17, 15) is 4.79 Å². The van der Waals surface area contributed by atoms with Crippen LogP contribution in [0.2, 0.25) is 0 Å². The van der Waals surface area contributed by atoms with E-state index in [1.165, 1.54) is 5.56 Å². The lowest BCUT2D eigenvalue weighted by molar-refractivity contribution is 0.0696. The molecule has 0 atom stereocenters. The van der Waals surface area contributed by atoms with Gasteiger partial charge in [0.15, 0.2) is 0 Å². The Balaban J connectivity index is 2.17. The van der Waals surface area contributed by atoms with Gasteiger partial charge in [-0.25, -0.2) is 4.79 Å². The third kappa shape index (κ3) is 3.20. The lowest BCUT2D eigenvalue weighted by Crippen LogP contribution is -2.05. The van der Waals surface area contributed by atoms with Gasteiger partial charge in [-0.1, -0.05) is 34.1 Å². The van der Waals surface area contributed by atoms with E-state index in [1.54, 1.807) is 12.1 Å². The number of anilines is 1. The van der Waals surface area contributed by atoms with Crippen molar-refractivity contribution in [1.82, 2.24) is 0 Å². The molecule has 104 valence electrons. The number of aromatic carboxylic acids is 1. The summed E-state index contributed by atoms with van der Waals surface area (Å²) in [7, 11) is 0. The molecule has 20 heavy (non-hydrogen) atoms. The van der Waals surface area contributed by atoms with E-state index in [0.29, 0.717) is 12.1 Å². The molecule has 0 spiro atoms. The summed E-state index contributed by atoms with van der Waals surface area (Å²) in [6.07, 6.45) is 0. The number of hydrogen-bond donors (Lipinski definition) is 2. The molecule has 0 saturated heterocycles. The smallest absolute Gasteiger partial charge is 0.336 e. The van der Waals surface area contributed by atoms with Crippen molar-refractivity contribution >= 4 is 27.6 Å². The standard InChI is InChI=1S/C16H16BrNO2/c1-10-8-12(6-7-14(10)17)9-18-15-5-3-4-13(11(15)2)16(19)20/h3-8,18H,9H2,1-2H3,(H,19,20). The van der Waals surface area contributed by atoms with E-state index in [-0.39, 0.29) is 0 Å². The van der Waals surface area contributed by atoms with Crippen molar-refractivity contribution in [2.75, 3.05) is 5.32 Å². The first-order valence-corrected chi connectivity index (χ1v) is 7.10. The molecule has 0 amide bonds. The van der Waals surface area contributed by atoms with Gasteiger partial charge in [0.2, 0.25) is 0 Å². The predicted octanol–water partition coefficient (Wildman–Crippen LogP) is 4.38. The van der Waals surface area contributed by atoms with E-state index in [2.05, 4.69) is 27.3 Å². The van der Waals surface area contributed by atoms with E-state index < -0.39 is 5.97 Å². The van der Waals surface area contributed by atoms with Gasteiger partial charge in [-0.05, 0) is 48.7 Å². The highest BCUT2D eigenvalue weighted by Gasteiger charge is 2.09. The lowest BCUT2D eigenvalue weighted by atomic mass is 10.1. The van der Waals surface area contributed by atoms with E-state index in [0.717, 1.165) is 21.3 Å². The van der Waals surface area contributed by atoms with Crippen LogP contribution >= 0.6 is 15.9 Å². The van der Waals surface area contributed by atoms with Crippen LogP contribution in [0.25, 0.3) is 0 Å². The molecular formula is C16H16BrNO2. The van der Waals surface area contributed by atoms with Crippen LogP contribution in [0.3, 0.4) is 0 Å². The Labute approximate surface area is 126 Å². The van der Waals surface area contributed by atoms with Crippen LogP contribution in [0.1, 0.15) is 27.0 Å². The maximum Gasteiger partial charge on any atom is 0.336 e. The average Bonchev–Trinajstić information content (AvgIpc) is 2.41. The zero-order chi connectivity index (χ0) is 14.7. The van der Waals surface area contributed by atoms with E-state index in [4.69, 9.17) is 5.11 Å². The van der Waals surface area contributed by atoms with Crippen molar-refractivity contribution < 1.29 is 9.90 Å². The van der Waals surface area contributed by atoms with Gasteiger partial charge in [0.1, 0.15) is 0 Å². The highest BCUT2D eigenvalue weighted by Crippen LogP contribution is 2.21. The summed E-state index contributed by atoms with van der Waals surface area (Å²) in [5.74, 6) is -0.898. The fraction of sp³-hybridized carbons (Fsp3) is 0.188. The number of rotatable bonds is 4. The Morgan fingerprint density at radius 2 is 2.00 bits per heavy atom. The number of nitrogens with one attached hydrogen (secondary N) is 1. The Kier molecular flexibility index (Phi) is 4.45. The molecule has 2 aromatic carbocycles. The van der Waals surface area contributed by atoms with Crippen LogP contribution in [0.15, 0.2) is 40.9 Å². The van der Waals surface area contributed by atoms with Gasteiger partial charge in [0, 0.05) is 16.7 Å². The van der Waals surface area contributed by atoms with Gasteiger partial charge < -0.3 is 10.4 Å². The second kappa shape index (κ2) is 6.09. The molecule has 0 radical (unpaired) electrons. The fourth-order valence-electron chi connectivity index (χ4n) is 2.07. The number of hydrogen-bond acceptors (Lipinski definition) is 2. The van der Waals surface area contributed by atoms with Crippen LogP contribution in [0.5, 0.6) is 0 Å². The maximum atomic E-state index is 11.1. The topological polar surface area (TPSA) is 49.3 Å². The first kappa shape index (κ1) is 14.6. The maximum absolute atomic E-state index is 11.1. The SMILES string of the molecule is Cc1cc(CNc2cccc(C(=O)O)c2C)ccc1Br. The largest absolute Gasteiger partial charge is 0.478 e. The minimum atomic E-state index is -0.898. The molecule has 0 aliphatic rings. The number of benzene rings is 2. The summed E-state index contributed by atoms with van der Waals surface area (Å²) in [5, 5.41) is 12.4. The van der Waals surface area contributed by atoms with Gasteiger partial charge >= 0.3 is 5.97 Å². The molecule has 3 nitrogen and oxygen atoms in total. The molecule has 0 unspecified atom stereocenters. The zero-order valence-electron chi connectivity index (χ0n) is 11.4.